The predicted octanol–water partition coefficient (Wildman–Crippen LogP) is 2.97. The minimum atomic E-state index is -0.529. The van der Waals surface area contributed by atoms with E-state index < -0.39 is 12.1 Å². The fourth-order valence-electron chi connectivity index (χ4n) is 6.56. The van der Waals surface area contributed by atoms with Gasteiger partial charge in [-0.25, -0.2) is 4.39 Å². The normalized spacial score (nSPS) is 55.7. The summed E-state index contributed by atoms with van der Waals surface area (Å²) in [4.78, 5) is 11.9. The van der Waals surface area contributed by atoms with Crippen LogP contribution in [0.15, 0.2) is 11.9 Å². The number of ketones is 1. The monoisotopic (exact) mass is 321 g/mol. The van der Waals surface area contributed by atoms with Crippen LogP contribution in [0, 0.1) is 34.5 Å². The number of nitrogens with two attached hydrogens (primary N) is 1. The van der Waals surface area contributed by atoms with Crippen molar-refractivity contribution in [2.45, 2.75) is 64.5 Å². The number of hydrogen-bond donors (Lipinski definition) is 2. The molecule has 4 heteroatoms. The van der Waals surface area contributed by atoms with Crippen molar-refractivity contribution in [1.82, 2.24) is 0 Å². The summed E-state index contributed by atoms with van der Waals surface area (Å²) in [5, 5.41) is 10.9. The molecule has 0 spiro atoms. The van der Waals surface area contributed by atoms with Gasteiger partial charge in [-0.1, -0.05) is 13.8 Å². The molecule has 0 aromatic rings. The minimum absolute atomic E-state index is 0.0293. The van der Waals surface area contributed by atoms with Crippen LogP contribution < -0.4 is 5.73 Å². The van der Waals surface area contributed by atoms with E-state index in [1.54, 1.807) is 6.08 Å². The zero-order valence-corrected chi connectivity index (χ0v) is 14.1. The molecule has 4 rings (SSSR count). The molecule has 0 heterocycles. The molecule has 0 saturated heterocycles. The lowest BCUT2D eigenvalue weighted by atomic mass is 9.44. The van der Waals surface area contributed by atoms with E-state index in [1.165, 1.54) is 0 Å². The van der Waals surface area contributed by atoms with E-state index in [1.807, 2.05) is 0 Å². The van der Waals surface area contributed by atoms with Gasteiger partial charge in [-0.3, -0.25) is 4.79 Å². The summed E-state index contributed by atoms with van der Waals surface area (Å²) in [5.74, 6) is 0.915. The van der Waals surface area contributed by atoms with E-state index in [0.29, 0.717) is 31.0 Å². The van der Waals surface area contributed by atoms with E-state index in [-0.39, 0.29) is 34.4 Å². The first-order valence-corrected chi connectivity index (χ1v) is 9.10. The topological polar surface area (TPSA) is 63.3 Å². The Kier molecular flexibility index (Phi) is 3.35. The van der Waals surface area contributed by atoms with Gasteiger partial charge in [-0.05, 0) is 66.3 Å². The van der Waals surface area contributed by atoms with E-state index in [0.717, 1.165) is 19.3 Å². The first kappa shape index (κ1) is 15.8. The second kappa shape index (κ2) is 4.89. The standard InChI is InChI=1S/C19H28FNO2/c1-18-5-3-11(22)7-10(18)8-15(23)16-12(18)4-6-19(2)13(16)9-14(20)17(19)21/h9-10,12-13,15-17,23H,3-8,21H2,1-2H3/t10?,12-,13+,15?,16-,17?,18+,19+/m1/s1. The molecule has 3 N–H and O–H groups in total. The van der Waals surface area contributed by atoms with Gasteiger partial charge < -0.3 is 10.8 Å². The molecule has 128 valence electrons. The van der Waals surface area contributed by atoms with Crippen LogP contribution in [0.2, 0.25) is 0 Å². The Hall–Kier alpha value is -0.740. The van der Waals surface area contributed by atoms with Crippen LogP contribution >= 0.6 is 0 Å². The maximum atomic E-state index is 14.2. The zero-order chi connectivity index (χ0) is 16.6. The lowest BCUT2D eigenvalue weighted by molar-refractivity contribution is -0.160. The summed E-state index contributed by atoms with van der Waals surface area (Å²) in [7, 11) is 0. The first-order chi connectivity index (χ1) is 10.8. The summed E-state index contributed by atoms with van der Waals surface area (Å²) in [6, 6.07) is -0.529. The molecule has 4 aliphatic rings. The van der Waals surface area contributed by atoms with E-state index >= 15 is 0 Å². The van der Waals surface area contributed by atoms with Crippen molar-refractivity contribution in [1.29, 1.82) is 0 Å². The number of Topliss-reactive ketones (excluding diaryl/α,β-unsaturated/α-hetero) is 1. The Morgan fingerprint density at radius 3 is 2.78 bits per heavy atom. The Balaban J connectivity index is 1.72. The molecule has 0 aromatic carbocycles. The summed E-state index contributed by atoms with van der Waals surface area (Å²) in [6.07, 6.45) is 6.05. The second-order valence-corrected chi connectivity index (χ2v) is 9.03. The fourth-order valence-corrected chi connectivity index (χ4v) is 6.56. The third-order valence-electron chi connectivity index (χ3n) is 8.15. The van der Waals surface area contributed by atoms with Gasteiger partial charge in [-0.2, -0.15) is 0 Å². The van der Waals surface area contributed by atoms with Gasteiger partial charge in [0.1, 0.15) is 11.6 Å². The largest absolute Gasteiger partial charge is 0.393 e. The van der Waals surface area contributed by atoms with Gasteiger partial charge in [0.2, 0.25) is 0 Å². The van der Waals surface area contributed by atoms with Crippen molar-refractivity contribution >= 4 is 5.78 Å². The van der Waals surface area contributed by atoms with Crippen LogP contribution in [-0.4, -0.2) is 23.0 Å². The van der Waals surface area contributed by atoms with Gasteiger partial charge in [0, 0.05) is 12.8 Å². The lowest BCUT2D eigenvalue weighted by Gasteiger charge is -2.61. The molecule has 3 unspecified atom stereocenters. The molecule has 3 fully saturated rings. The summed E-state index contributed by atoms with van der Waals surface area (Å²) in [6.45, 7) is 4.40. The zero-order valence-electron chi connectivity index (χ0n) is 14.1. The molecule has 0 aliphatic heterocycles. The SMILES string of the molecule is C[C@]12CCC(=O)CC1CC(O)[C@@H]1[C@H]2CC[C@]2(C)C(N)C(F)=C[C@@H]12. The molecule has 4 aliphatic carbocycles. The highest BCUT2D eigenvalue weighted by Crippen LogP contribution is 2.65. The number of aliphatic hydroxyl groups excluding tert-OH is 1. The van der Waals surface area contributed by atoms with Crippen LogP contribution in [0.1, 0.15) is 52.4 Å². The number of rotatable bonds is 0. The molecule has 0 radical (unpaired) electrons. The Morgan fingerprint density at radius 1 is 1.30 bits per heavy atom. The Labute approximate surface area is 137 Å². The summed E-state index contributed by atoms with van der Waals surface area (Å²) < 4.78 is 14.2. The highest BCUT2D eigenvalue weighted by Gasteiger charge is 2.62. The summed E-state index contributed by atoms with van der Waals surface area (Å²) in [5.41, 5.74) is 5.99. The molecule has 0 amide bonds. The molecule has 3 nitrogen and oxygen atoms in total. The average Bonchev–Trinajstić information content (AvgIpc) is 2.73. The van der Waals surface area contributed by atoms with Gasteiger partial charge in [-0.15, -0.1) is 0 Å². The van der Waals surface area contributed by atoms with Crippen LogP contribution in [0.3, 0.4) is 0 Å². The van der Waals surface area contributed by atoms with Crippen LogP contribution in [-0.2, 0) is 4.79 Å². The second-order valence-electron chi connectivity index (χ2n) is 9.03. The van der Waals surface area contributed by atoms with Crippen molar-refractivity contribution in [3.8, 4) is 0 Å². The highest BCUT2D eigenvalue weighted by molar-refractivity contribution is 5.79. The van der Waals surface area contributed by atoms with Crippen molar-refractivity contribution in [3.63, 3.8) is 0 Å². The van der Waals surface area contributed by atoms with E-state index in [4.69, 9.17) is 5.73 Å². The minimum Gasteiger partial charge on any atom is -0.393 e. The first-order valence-electron chi connectivity index (χ1n) is 9.10. The van der Waals surface area contributed by atoms with E-state index in [2.05, 4.69) is 13.8 Å². The van der Waals surface area contributed by atoms with E-state index in [9.17, 15) is 14.3 Å². The Morgan fingerprint density at radius 2 is 2.04 bits per heavy atom. The van der Waals surface area contributed by atoms with Crippen molar-refractivity contribution in [2.75, 3.05) is 0 Å². The number of allylic oxidation sites excluding steroid dienone is 1. The third-order valence-corrected chi connectivity index (χ3v) is 8.15. The number of carbonyl (C=O) groups is 1. The maximum absolute atomic E-state index is 14.2. The average molecular weight is 321 g/mol. The number of fused-ring (bicyclic) bond motifs is 5. The molecular weight excluding hydrogens is 293 g/mol. The highest BCUT2D eigenvalue weighted by atomic mass is 19.1. The lowest BCUT2D eigenvalue weighted by Crippen LogP contribution is -2.59. The van der Waals surface area contributed by atoms with Gasteiger partial charge in [0.15, 0.2) is 0 Å². The van der Waals surface area contributed by atoms with Crippen LogP contribution in [0.5, 0.6) is 0 Å². The maximum Gasteiger partial charge on any atom is 0.133 e. The van der Waals surface area contributed by atoms with Crippen LogP contribution in [0.4, 0.5) is 4.39 Å². The van der Waals surface area contributed by atoms with Crippen molar-refractivity contribution in [3.05, 3.63) is 11.9 Å². The molecule has 8 atom stereocenters. The molecule has 0 bridgehead atoms. The van der Waals surface area contributed by atoms with Crippen LogP contribution in [0.25, 0.3) is 0 Å². The predicted molar refractivity (Wildman–Crippen MR) is 86.1 cm³/mol. The summed E-state index contributed by atoms with van der Waals surface area (Å²) >= 11 is 0. The number of halogens is 1. The van der Waals surface area contributed by atoms with Gasteiger partial charge >= 0.3 is 0 Å². The Bertz CT molecular complexity index is 576. The smallest absolute Gasteiger partial charge is 0.133 e. The van der Waals surface area contributed by atoms with Gasteiger partial charge in [0.25, 0.3) is 0 Å². The van der Waals surface area contributed by atoms with Crippen molar-refractivity contribution < 1.29 is 14.3 Å². The molecule has 0 aromatic heterocycles. The third kappa shape index (κ3) is 1.97. The van der Waals surface area contributed by atoms with Crippen molar-refractivity contribution in [2.24, 2.45) is 40.2 Å². The molecule has 23 heavy (non-hydrogen) atoms. The number of carbonyl (C=O) groups excluding carboxylic acids is 1. The quantitative estimate of drug-likeness (QED) is 0.721. The van der Waals surface area contributed by atoms with Gasteiger partial charge in [0.05, 0.1) is 12.1 Å². The molecule has 3 saturated carbocycles. The molecular formula is C19H28FNO2. The number of hydrogen-bond acceptors (Lipinski definition) is 3. The fraction of sp³-hybridized carbons (Fsp3) is 0.842. The number of aliphatic hydroxyl groups is 1.